The molecular weight excluding hydrogens is 541 g/mol. The van der Waals surface area contributed by atoms with E-state index in [1.807, 2.05) is 54.6 Å². The smallest absolute Gasteiger partial charge is 0.344 e. The molecule has 1 amide bonds. The van der Waals surface area contributed by atoms with E-state index in [2.05, 4.69) is 22.6 Å². The van der Waals surface area contributed by atoms with Crippen molar-refractivity contribution in [1.29, 1.82) is 0 Å². The minimum Gasteiger partial charge on any atom is -0.423 e. The third-order valence-corrected chi connectivity index (χ3v) is 6.86. The molecule has 7 heteroatoms. The van der Waals surface area contributed by atoms with Crippen molar-refractivity contribution in [2.24, 2.45) is 0 Å². The van der Waals surface area contributed by atoms with Gasteiger partial charge in [0.05, 0.1) is 17.0 Å². The van der Waals surface area contributed by atoms with Crippen LogP contribution in [0, 0.1) is 3.57 Å². The lowest BCUT2D eigenvalue weighted by molar-refractivity contribution is -0.122. The zero-order valence-corrected chi connectivity index (χ0v) is 19.9. The van der Waals surface area contributed by atoms with E-state index in [-0.39, 0.29) is 5.91 Å². The van der Waals surface area contributed by atoms with Crippen LogP contribution in [0.2, 0.25) is 0 Å². The molecule has 1 aliphatic heterocycles. The Morgan fingerprint density at radius 2 is 1.68 bits per heavy atom. The maximum absolute atomic E-state index is 12.8. The largest absolute Gasteiger partial charge is 0.423 e. The van der Waals surface area contributed by atoms with Crippen LogP contribution in [0.1, 0.15) is 21.5 Å². The molecule has 1 saturated heterocycles. The minimum absolute atomic E-state index is 0.104. The Kier molecular flexibility index (Phi) is 6.84. The topological polar surface area (TPSA) is 46.6 Å². The Bertz CT molecular complexity index is 1180. The Morgan fingerprint density at radius 3 is 2.39 bits per heavy atom. The molecule has 4 nitrogen and oxygen atoms in total. The Balaban J connectivity index is 1.44. The molecule has 0 atom stereocenters. The normalized spacial score (nSPS) is 14.9. The van der Waals surface area contributed by atoms with Gasteiger partial charge in [0.25, 0.3) is 5.91 Å². The van der Waals surface area contributed by atoms with Gasteiger partial charge in [0, 0.05) is 3.57 Å². The first-order valence-corrected chi connectivity index (χ1v) is 11.7. The molecule has 0 saturated carbocycles. The van der Waals surface area contributed by atoms with Gasteiger partial charge in [-0.3, -0.25) is 9.69 Å². The highest BCUT2D eigenvalue weighted by molar-refractivity contribution is 14.1. The summed E-state index contributed by atoms with van der Waals surface area (Å²) in [6.45, 7) is 0.454. The first-order valence-electron chi connectivity index (χ1n) is 9.37. The second kappa shape index (κ2) is 9.76. The van der Waals surface area contributed by atoms with Gasteiger partial charge in [0.2, 0.25) is 0 Å². The molecule has 0 aliphatic carbocycles. The zero-order chi connectivity index (χ0) is 21.8. The lowest BCUT2D eigenvalue weighted by Crippen LogP contribution is -2.27. The molecule has 1 aliphatic rings. The summed E-state index contributed by atoms with van der Waals surface area (Å²) >= 11 is 8.80. The highest BCUT2D eigenvalue weighted by atomic mass is 127. The number of nitrogens with zero attached hydrogens (tertiary/aromatic N) is 1. The van der Waals surface area contributed by atoms with Crippen LogP contribution in [-0.4, -0.2) is 21.1 Å². The molecular formula is C24H16INO3S2. The van der Waals surface area contributed by atoms with Gasteiger partial charge in [-0.2, -0.15) is 0 Å². The predicted octanol–water partition coefficient (Wildman–Crippen LogP) is 5.91. The van der Waals surface area contributed by atoms with Crippen LogP contribution in [0.3, 0.4) is 0 Å². The van der Waals surface area contributed by atoms with Crippen LogP contribution >= 0.6 is 46.6 Å². The summed E-state index contributed by atoms with van der Waals surface area (Å²) in [7, 11) is 0. The SMILES string of the molecule is O=C(Oc1ccc(/C=C2\SC(=S)N(Cc3ccccc3)C2=O)cc1)c1ccccc1I. The number of hydrogen-bond donors (Lipinski definition) is 0. The number of carbonyl (C=O) groups excluding carboxylic acids is 2. The molecule has 1 heterocycles. The Morgan fingerprint density at radius 1 is 1.00 bits per heavy atom. The highest BCUT2D eigenvalue weighted by Crippen LogP contribution is 2.33. The van der Waals surface area contributed by atoms with Crippen molar-refractivity contribution < 1.29 is 14.3 Å². The first-order chi connectivity index (χ1) is 15.0. The molecule has 3 aromatic rings. The molecule has 4 rings (SSSR count). The second-order valence-electron chi connectivity index (χ2n) is 6.69. The van der Waals surface area contributed by atoms with Crippen LogP contribution in [0.5, 0.6) is 5.75 Å². The summed E-state index contributed by atoms with van der Waals surface area (Å²) in [4.78, 5) is 27.3. The number of esters is 1. The Hall–Kier alpha value is -2.49. The molecule has 0 radical (unpaired) electrons. The summed E-state index contributed by atoms with van der Waals surface area (Å²) in [5, 5.41) is 0. The van der Waals surface area contributed by atoms with Crippen molar-refractivity contribution in [2.45, 2.75) is 6.54 Å². The Labute approximate surface area is 203 Å². The maximum atomic E-state index is 12.8. The third kappa shape index (κ3) is 5.23. The van der Waals surface area contributed by atoms with E-state index < -0.39 is 5.97 Å². The van der Waals surface area contributed by atoms with Gasteiger partial charge in [0.1, 0.15) is 10.1 Å². The number of thiocarbonyl (C=S) groups is 1. The summed E-state index contributed by atoms with van der Waals surface area (Å²) in [6, 6.07) is 24.1. The lowest BCUT2D eigenvalue weighted by atomic mass is 10.2. The number of halogens is 1. The summed E-state index contributed by atoms with van der Waals surface area (Å²) in [6.07, 6.45) is 1.80. The number of ether oxygens (including phenoxy) is 1. The van der Waals surface area contributed by atoms with E-state index >= 15 is 0 Å². The van der Waals surface area contributed by atoms with Crippen molar-refractivity contribution in [3.63, 3.8) is 0 Å². The van der Waals surface area contributed by atoms with Gasteiger partial charge in [-0.05, 0) is 64.1 Å². The van der Waals surface area contributed by atoms with Crippen LogP contribution in [0.15, 0.2) is 83.8 Å². The number of carbonyl (C=O) groups is 2. The van der Waals surface area contributed by atoms with Crippen LogP contribution < -0.4 is 4.74 Å². The number of hydrogen-bond acceptors (Lipinski definition) is 5. The van der Waals surface area contributed by atoms with Crippen LogP contribution in [0.4, 0.5) is 0 Å². The van der Waals surface area contributed by atoms with E-state index in [0.717, 1.165) is 14.7 Å². The van der Waals surface area contributed by atoms with Crippen molar-refractivity contribution in [2.75, 3.05) is 0 Å². The van der Waals surface area contributed by atoms with Gasteiger partial charge in [0.15, 0.2) is 0 Å². The molecule has 0 bridgehead atoms. The fourth-order valence-electron chi connectivity index (χ4n) is 2.97. The van der Waals surface area contributed by atoms with Gasteiger partial charge in [-0.15, -0.1) is 0 Å². The molecule has 154 valence electrons. The third-order valence-electron chi connectivity index (χ3n) is 4.54. The van der Waals surface area contributed by atoms with Gasteiger partial charge in [-0.25, -0.2) is 4.79 Å². The number of benzene rings is 3. The lowest BCUT2D eigenvalue weighted by Gasteiger charge is -2.14. The highest BCUT2D eigenvalue weighted by Gasteiger charge is 2.31. The minimum atomic E-state index is -0.403. The van der Waals surface area contributed by atoms with E-state index in [4.69, 9.17) is 17.0 Å². The molecule has 31 heavy (non-hydrogen) atoms. The van der Waals surface area contributed by atoms with Crippen molar-refractivity contribution in [3.05, 3.63) is 104 Å². The van der Waals surface area contributed by atoms with E-state index in [1.54, 1.807) is 35.2 Å². The number of thioether (sulfide) groups is 1. The average Bonchev–Trinajstić information content (AvgIpc) is 3.03. The van der Waals surface area contributed by atoms with Crippen molar-refractivity contribution >= 4 is 68.8 Å². The first kappa shape index (κ1) is 21.7. The van der Waals surface area contributed by atoms with Crippen LogP contribution in [0.25, 0.3) is 6.08 Å². The summed E-state index contributed by atoms with van der Waals surface area (Å²) in [5.74, 6) is -0.0639. The van der Waals surface area contributed by atoms with Crippen molar-refractivity contribution in [1.82, 2.24) is 4.90 Å². The van der Waals surface area contributed by atoms with E-state index in [1.165, 1.54) is 11.8 Å². The van der Waals surface area contributed by atoms with Crippen molar-refractivity contribution in [3.8, 4) is 5.75 Å². The van der Waals surface area contributed by atoms with E-state index in [9.17, 15) is 9.59 Å². The average molecular weight is 557 g/mol. The van der Waals surface area contributed by atoms with Gasteiger partial charge in [-0.1, -0.05) is 78.6 Å². The summed E-state index contributed by atoms with van der Waals surface area (Å²) in [5.41, 5.74) is 2.38. The predicted molar refractivity (Wildman–Crippen MR) is 136 cm³/mol. The maximum Gasteiger partial charge on any atom is 0.344 e. The molecule has 0 aromatic heterocycles. The molecule has 1 fully saturated rings. The van der Waals surface area contributed by atoms with E-state index in [0.29, 0.717) is 27.1 Å². The standard InChI is InChI=1S/C24H16INO3S2/c25-20-9-5-4-8-19(20)23(28)29-18-12-10-16(11-13-18)14-21-22(27)26(24(30)31-21)15-17-6-2-1-3-7-17/h1-14H,15H2/b21-14-. The molecule has 3 aromatic carbocycles. The van der Waals surface area contributed by atoms with Crippen LogP contribution in [-0.2, 0) is 11.3 Å². The fraction of sp³-hybridized carbons (Fsp3) is 0.0417. The quantitative estimate of drug-likeness (QED) is 0.128. The monoisotopic (exact) mass is 557 g/mol. The molecule has 0 spiro atoms. The molecule has 0 N–H and O–H groups in total. The number of rotatable bonds is 5. The fourth-order valence-corrected chi connectivity index (χ4v) is 4.84. The zero-order valence-electron chi connectivity index (χ0n) is 16.2. The number of amides is 1. The second-order valence-corrected chi connectivity index (χ2v) is 9.53. The molecule has 0 unspecified atom stereocenters. The van der Waals surface area contributed by atoms with Gasteiger partial charge < -0.3 is 4.74 Å². The van der Waals surface area contributed by atoms with Gasteiger partial charge >= 0.3 is 5.97 Å². The summed E-state index contributed by atoms with van der Waals surface area (Å²) < 4.78 is 6.84.